The first kappa shape index (κ1) is 19.1. The van der Waals surface area contributed by atoms with Crippen LogP contribution in [-0.2, 0) is 16.1 Å². The van der Waals surface area contributed by atoms with Crippen LogP contribution in [0.2, 0.25) is 0 Å². The quantitative estimate of drug-likeness (QED) is 0.775. The van der Waals surface area contributed by atoms with Crippen LogP contribution < -0.4 is 16.0 Å². The lowest BCUT2D eigenvalue weighted by atomic mass is 10.0. The molecule has 25 heavy (non-hydrogen) atoms. The lowest BCUT2D eigenvalue weighted by Gasteiger charge is -2.33. The van der Waals surface area contributed by atoms with Crippen molar-refractivity contribution < 1.29 is 19.1 Å². The highest BCUT2D eigenvalue weighted by Gasteiger charge is 2.29. The third kappa shape index (κ3) is 7.01. The number of nitrogens with one attached hydrogen (secondary N) is 3. The van der Waals surface area contributed by atoms with Gasteiger partial charge in [-0.3, -0.25) is 0 Å². The van der Waals surface area contributed by atoms with Crippen molar-refractivity contribution in [2.24, 2.45) is 0 Å². The zero-order valence-corrected chi connectivity index (χ0v) is 15.0. The molecule has 0 bridgehead atoms. The number of piperidine rings is 1. The summed E-state index contributed by atoms with van der Waals surface area (Å²) in [5.41, 5.74) is 0.357. The van der Waals surface area contributed by atoms with Crippen molar-refractivity contribution in [2.75, 3.05) is 13.1 Å². The number of hydrogen-bond acceptors (Lipinski definition) is 5. The molecule has 0 radical (unpaired) electrons. The number of carbonyl (C=O) groups is 2. The lowest BCUT2D eigenvalue weighted by Crippen LogP contribution is -2.60. The fourth-order valence-electron chi connectivity index (χ4n) is 2.56. The average Bonchev–Trinajstić information content (AvgIpc) is 2.54. The molecule has 1 saturated heterocycles. The van der Waals surface area contributed by atoms with Crippen molar-refractivity contribution in [1.82, 2.24) is 16.0 Å². The molecule has 0 aromatic heterocycles. The summed E-state index contributed by atoms with van der Waals surface area (Å²) in [4.78, 5) is 24.0. The predicted octanol–water partition coefficient (Wildman–Crippen LogP) is 2.17. The van der Waals surface area contributed by atoms with Crippen LogP contribution in [0, 0.1) is 0 Å². The second kappa shape index (κ2) is 8.71. The maximum absolute atomic E-state index is 12.0. The van der Waals surface area contributed by atoms with Crippen LogP contribution in [0.3, 0.4) is 0 Å². The topological polar surface area (TPSA) is 88.7 Å². The number of rotatable bonds is 4. The van der Waals surface area contributed by atoms with Crippen LogP contribution in [0.25, 0.3) is 0 Å². The van der Waals surface area contributed by atoms with Gasteiger partial charge >= 0.3 is 12.2 Å². The summed E-state index contributed by atoms with van der Waals surface area (Å²) >= 11 is 0. The van der Waals surface area contributed by atoms with Crippen LogP contribution in [-0.4, -0.2) is 43.0 Å². The van der Waals surface area contributed by atoms with Crippen molar-refractivity contribution in [2.45, 2.75) is 51.5 Å². The third-order valence-corrected chi connectivity index (χ3v) is 3.70. The van der Waals surface area contributed by atoms with E-state index in [2.05, 4.69) is 16.0 Å². The second-order valence-corrected chi connectivity index (χ2v) is 7.06. The van der Waals surface area contributed by atoms with Crippen LogP contribution in [0.5, 0.6) is 0 Å². The Kier molecular flexibility index (Phi) is 6.64. The molecule has 1 aliphatic heterocycles. The number of amides is 2. The molecule has 1 aromatic carbocycles. The van der Waals surface area contributed by atoms with E-state index in [9.17, 15) is 9.59 Å². The molecule has 1 aliphatic rings. The van der Waals surface area contributed by atoms with Crippen molar-refractivity contribution in [3.63, 3.8) is 0 Å². The van der Waals surface area contributed by atoms with E-state index in [4.69, 9.17) is 9.47 Å². The summed E-state index contributed by atoms with van der Waals surface area (Å²) in [5.74, 6) is 0. The molecule has 7 heteroatoms. The zero-order valence-electron chi connectivity index (χ0n) is 15.0. The molecule has 2 rings (SSSR count). The second-order valence-electron chi connectivity index (χ2n) is 7.06. The Balaban J connectivity index is 1.83. The van der Waals surface area contributed by atoms with Crippen LogP contribution in [0.1, 0.15) is 32.8 Å². The van der Waals surface area contributed by atoms with Gasteiger partial charge in [0.1, 0.15) is 12.2 Å². The van der Waals surface area contributed by atoms with Crippen LogP contribution in [0.4, 0.5) is 9.59 Å². The summed E-state index contributed by atoms with van der Waals surface area (Å²) in [6, 6.07) is 9.01. The van der Waals surface area contributed by atoms with Gasteiger partial charge in [-0.25, -0.2) is 9.59 Å². The van der Waals surface area contributed by atoms with Gasteiger partial charge in [-0.2, -0.15) is 0 Å². The van der Waals surface area contributed by atoms with Crippen molar-refractivity contribution in [3.8, 4) is 0 Å². The zero-order chi connectivity index (χ0) is 18.3. The molecular weight excluding hydrogens is 322 g/mol. The molecule has 2 atom stereocenters. The van der Waals surface area contributed by atoms with E-state index in [1.54, 1.807) is 0 Å². The highest BCUT2D eigenvalue weighted by molar-refractivity contribution is 5.70. The van der Waals surface area contributed by atoms with Gasteiger partial charge < -0.3 is 25.4 Å². The van der Waals surface area contributed by atoms with E-state index >= 15 is 0 Å². The van der Waals surface area contributed by atoms with E-state index in [1.165, 1.54) is 0 Å². The fourth-order valence-corrected chi connectivity index (χ4v) is 2.56. The Morgan fingerprint density at radius 2 is 1.80 bits per heavy atom. The highest BCUT2D eigenvalue weighted by atomic mass is 16.6. The molecule has 1 aromatic rings. The van der Waals surface area contributed by atoms with Crippen LogP contribution in [0.15, 0.2) is 30.3 Å². The smallest absolute Gasteiger partial charge is 0.407 e. The number of carbonyl (C=O) groups excluding carboxylic acids is 2. The largest absolute Gasteiger partial charge is 0.445 e. The minimum Gasteiger partial charge on any atom is -0.445 e. The van der Waals surface area contributed by atoms with Gasteiger partial charge in [-0.15, -0.1) is 0 Å². The minimum absolute atomic E-state index is 0.210. The molecule has 1 heterocycles. The maximum Gasteiger partial charge on any atom is 0.407 e. The van der Waals surface area contributed by atoms with Crippen molar-refractivity contribution >= 4 is 12.2 Å². The van der Waals surface area contributed by atoms with Gasteiger partial charge in [0, 0.05) is 6.54 Å². The molecule has 2 unspecified atom stereocenters. The van der Waals surface area contributed by atoms with Gasteiger partial charge in [0.05, 0.1) is 12.1 Å². The molecular formula is C18H27N3O4. The van der Waals surface area contributed by atoms with E-state index in [-0.39, 0.29) is 18.7 Å². The van der Waals surface area contributed by atoms with E-state index in [0.29, 0.717) is 13.0 Å². The van der Waals surface area contributed by atoms with Crippen molar-refractivity contribution in [3.05, 3.63) is 35.9 Å². The summed E-state index contributed by atoms with van der Waals surface area (Å²) in [5, 5.41) is 8.85. The van der Waals surface area contributed by atoms with Gasteiger partial charge in [-0.05, 0) is 39.3 Å². The molecule has 7 nitrogen and oxygen atoms in total. The first-order valence-electron chi connectivity index (χ1n) is 8.51. The SMILES string of the molecule is CC(C)(C)OC(=O)NC1CNCCC1NC(=O)OCc1ccccc1. The Morgan fingerprint density at radius 1 is 1.12 bits per heavy atom. The predicted molar refractivity (Wildman–Crippen MR) is 94.2 cm³/mol. The Labute approximate surface area is 148 Å². The Hall–Kier alpha value is -2.28. The van der Waals surface area contributed by atoms with E-state index < -0.39 is 17.8 Å². The summed E-state index contributed by atoms with van der Waals surface area (Å²) in [6.45, 7) is 6.95. The van der Waals surface area contributed by atoms with Gasteiger partial charge in [-0.1, -0.05) is 30.3 Å². The molecule has 2 amide bonds. The maximum atomic E-state index is 12.0. The summed E-state index contributed by atoms with van der Waals surface area (Å²) < 4.78 is 10.5. The molecule has 0 saturated carbocycles. The van der Waals surface area contributed by atoms with E-state index in [1.807, 2.05) is 51.1 Å². The van der Waals surface area contributed by atoms with Gasteiger partial charge in [0.2, 0.25) is 0 Å². The number of benzene rings is 1. The van der Waals surface area contributed by atoms with Gasteiger partial charge in [0.15, 0.2) is 0 Å². The van der Waals surface area contributed by atoms with E-state index in [0.717, 1.165) is 12.1 Å². The first-order valence-corrected chi connectivity index (χ1v) is 8.51. The average molecular weight is 349 g/mol. The Morgan fingerprint density at radius 3 is 2.48 bits per heavy atom. The Bertz CT molecular complexity index is 571. The summed E-state index contributed by atoms with van der Waals surface area (Å²) in [6.07, 6.45) is -0.293. The molecule has 138 valence electrons. The minimum atomic E-state index is -0.566. The normalized spacial score (nSPS) is 20.4. The van der Waals surface area contributed by atoms with Gasteiger partial charge in [0.25, 0.3) is 0 Å². The fraction of sp³-hybridized carbons (Fsp3) is 0.556. The number of alkyl carbamates (subject to hydrolysis) is 2. The molecule has 0 spiro atoms. The molecule has 3 N–H and O–H groups in total. The summed E-state index contributed by atoms with van der Waals surface area (Å²) in [7, 11) is 0. The number of hydrogen-bond donors (Lipinski definition) is 3. The number of ether oxygens (including phenoxy) is 2. The lowest BCUT2D eigenvalue weighted by molar-refractivity contribution is 0.0480. The first-order chi connectivity index (χ1) is 11.8. The monoisotopic (exact) mass is 349 g/mol. The standard InChI is InChI=1S/C18H27N3O4/c1-18(2,3)25-17(23)21-15-11-19-10-9-14(15)20-16(22)24-12-13-7-5-4-6-8-13/h4-8,14-15,19H,9-12H2,1-3H3,(H,20,22)(H,21,23). The molecule has 0 aliphatic carbocycles. The van der Waals surface area contributed by atoms with Crippen LogP contribution >= 0.6 is 0 Å². The third-order valence-electron chi connectivity index (χ3n) is 3.70. The van der Waals surface area contributed by atoms with Crippen molar-refractivity contribution in [1.29, 1.82) is 0 Å². The highest BCUT2D eigenvalue weighted by Crippen LogP contribution is 2.10. The molecule has 1 fully saturated rings.